The van der Waals surface area contributed by atoms with E-state index >= 15 is 0 Å². The Morgan fingerprint density at radius 2 is 1.21 bits per heavy atom. The van der Waals surface area contributed by atoms with E-state index in [0.29, 0.717) is 0 Å². The van der Waals surface area contributed by atoms with Crippen LogP contribution in [0.2, 0.25) is 0 Å². The molecule has 0 aliphatic carbocycles. The van der Waals surface area contributed by atoms with Gasteiger partial charge in [0.15, 0.2) is 0 Å². The zero-order chi connectivity index (χ0) is 17.3. The van der Waals surface area contributed by atoms with Gasteiger partial charge >= 0.3 is 0 Å². The minimum Gasteiger partial charge on any atom is -0.303 e. The number of hydrogen-bond donors (Lipinski definition) is 0. The van der Waals surface area contributed by atoms with Gasteiger partial charge in [0.25, 0.3) is 0 Å². The molecule has 1 aromatic rings. The maximum atomic E-state index is 2.72. The Balaban J connectivity index is 2.21. The van der Waals surface area contributed by atoms with Crippen LogP contribution in [0.15, 0.2) is 35.2 Å². The molecule has 0 aromatic heterocycles. The lowest BCUT2D eigenvalue weighted by Crippen LogP contribution is -2.28. The number of thioether (sulfide) groups is 1. The molecule has 0 bridgehead atoms. The molecule has 0 spiro atoms. The Labute approximate surface area is 155 Å². The third-order valence-electron chi connectivity index (χ3n) is 4.58. The number of hydrogen-bond acceptors (Lipinski definition) is 2. The third kappa shape index (κ3) is 12.0. The highest BCUT2D eigenvalue weighted by molar-refractivity contribution is 7.99. The minimum atomic E-state index is 1.22. The Morgan fingerprint density at radius 3 is 1.75 bits per heavy atom. The Bertz CT molecular complexity index is 351. The highest BCUT2D eigenvalue weighted by atomic mass is 32.2. The number of unbranched alkanes of at least 4 members (excludes halogenated alkanes) is 8. The van der Waals surface area contributed by atoms with Crippen molar-refractivity contribution in [2.24, 2.45) is 0 Å². The predicted octanol–water partition coefficient (Wildman–Crippen LogP) is 7.02. The SMILES string of the molecule is CCCCCCCN(CCCCCCC)CCSc1ccccc1. The van der Waals surface area contributed by atoms with E-state index in [1.165, 1.54) is 94.5 Å². The first kappa shape index (κ1) is 21.6. The summed E-state index contributed by atoms with van der Waals surface area (Å²) >= 11 is 2.00. The molecule has 1 aromatic carbocycles. The second-order valence-corrected chi connectivity index (χ2v) is 8.00. The summed E-state index contributed by atoms with van der Waals surface area (Å²) in [6, 6.07) is 10.8. The summed E-state index contributed by atoms with van der Waals surface area (Å²) in [7, 11) is 0. The van der Waals surface area contributed by atoms with Crippen LogP contribution in [0.25, 0.3) is 0 Å². The lowest BCUT2D eigenvalue weighted by molar-refractivity contribution is 0.275. The molecule has 0 radical (unpaired) electrons. The molecule has 0 aliphatic heterocycles. The van der Waals surface area contributed by atoms with E-state index in [-0.39, 0.29) is 0 Å². The standard InChI is InChI=1S/C22H39NS/c1-3-5-7-9-14-18-23(19-15-10-8-6-4-2)20-21-24-22-16-12-11-13-17-22/h11-13,16-17H,3-10,14-15,18-21H2,1-2H3. The zero-order valence-corrected chi connectivity index (χ0v) is 17.0. The fourth-order valence-electron chi connectivity index (χ4n) is 3.02. The van der Waals surface area contributed by atoms with E-state index in [2.05, 4.69) is 49.1 Å². The molecule has 2 heteroatoms. The van der Waals surface area contributed by atoms with Gasteiger partial charge < -0.3 is 4.90 Å². The van der Waals surface area contributed by atoms with E-state index in [1.54, 1.807) is 0 Å². The van der Waals surface area contributed by atoms with Crippen LogP contribution >= 0.6 is 11.8 Å². The van der Waals surface area contributed by atoms with Crippen molar-refractivity contribution in [1.29, 1.82) is 0 Å². The van der Waals surface area contributed by atoms with E-state index in [9.17, 15) is 0 Å². The monoisotopic (exact) mass is 349 g/mol. The van der Waals surface area contributed by atoms with E-state index in [1.807, 2.05) is 11.8 Å². The second kappa shape index (κ2) is 16.0. The maximum absolute atomic E-state index is 2.72. The van der Waals surface area contributed by atoms with Crippen LogP contribution in [0, 0.1) is 0 Å². The topological polar surface area (TPSA) is 3.24 Å². The molecule has 0 aliphatic rings. The largest absolute Gasteiger partial charge is 0.303 e. The van der Waals surface area contributed by atoms with Gasteiger partial charge in [-0.15, -0.1) is 11.8 Å². The molecule has 0 saturated carbocycles. The average Bonchev–Trinajstić information content (AvgIpc) is 2.61. The van der Waals surface area contributed by atoms with E-state index in [0.717, 1.165) is 0 Å². The van der Waals surface area contributed by atoms with Crippen molar-refractivity contribution in [2.75, 3.05) is 25.4 Å². The van der Waals surface area contributed by atoms with Gasteiger partial charge in [-0.05, 0) is 38.1 Å². The molecule has 0 atom stereocenters. The van der Waals surface area contributed by atoms with Gasteiger partial charge in [0, 0.05) is 17.2 Å². The summed E-state index contributed by atoms with van der Waals surface area (Å²) in [5.74, 6) is 1.22. The van der Waals surface area contributed by atoms with Crippen LogP contribution in [0.1, 0.15) is 78.1 Å². The van der Waals surface area contributed by atoms with Crippen LogP contribution in [-0.4, -0.2) is 30.3 Å². The Hall–Kier alpha value is -0.470. The summed E-state index contributed by atoms with van der Waals surface area (Å²) in [6.07, 6.45) is 13.9. The Kier molecular flexibility index (Phi) is 14.4. The van der Waals surface area contributed by atoms with Crippen LogP contribution in [-0.2, 0) is 0 Å². The summed E-state index contributed by atoms with van der Waals surface area (Å²) in [6.45, 7) is 8.42. The fraction of sp³-hybridized carbons (Fsp3) is 0.727. The summed E-state index contributed by atoms with van der Waals surface area (Å²) in [5, 5.41) is 0. The molecule has 24 heavy (non-hydrogen) atoms. The van der Waals surface area contributed by atoms with Crippen LogP contribution in [0.4, 0.5) is 0 Å². The van der Waals surface area contributed by atoms with Crippen LogP contribution in [0.5, 0.6) is 0 Å². The molecular weight excluding hydrogens is 310 g/mol. The first-order valence-corrected chi connectivity index (χ1v) is 11.3. The molecule has 1 nitrogen and oxygen atoms in total. The van der Waals surface area contributed by atoms with Crippen molar-refractivity contribution in [3.05, 3.63) is 30.3 Å². The molecule has 0 N–H and O–H groups in total. The zero-order valence-electron chi connectivity index (χ0n) is 16.1. The number of rotatable bonds is 16. The van der Waals surface area contributed by atoms with E-state index in [4.69, 9.17) is 0 Å². The highest BCUT2D eigenvalue weighted by Crippen LogP contribution is 2.17. The van der Waals surface area contributed by atoms with Crippen LogP contribution in [0.3, 0.4) is 0 Å². The molecule has 0 unspecified atom stereocenters. The second-order valence-electron chi connectivity index (χ2n) is 6.83. The molecule has 1 rings (SSSR count). The number of benzene rings is 1. The van der Waals surface area contributed by atoms with Gasteiger partial charge in [-0.25, -0.2) is 0 Å². The van der Waals surface area contributed by atoms with Gasteiger partial charge in [0.05, 0.1) is 0 Å². The molecule has 0 saturated heterocycles. The maximum Gasteiger partial charge on any atom is 0.0108 e. The van der Waals surface area contributed by atoms with Gasteiger partial charge in [0.1, 0.15) is 0 Å². The number of nitrogens with zero attached hydrogens (tertiary/aromatic N) is 1. The van der Waals surface area contributed by atoms with E-state index < -0.39 is 0 Å². The van der Waals surface area contributed by atoms with Crippen LogP contribution < -0.4 is 0 Å². The van der Waals surface area contributed by atoms with Crippen molar-refractivity contribution >= 4 is 11.8 Å². The average molecular weight is 350 g/mol. The smallest absolute Gasteiger partial charge is 0.0108 e. The quantitative estimate of drug-likeness (QED) is 0.233. The van der Waals surface area contributed by atoms with Gasteiger partial charge in [-0.1, -0.05) is 83.4 Å². The van der Waals surface area contributed by atoms with Crippen molar-refractivity contribution in [1.82, 2.24) is 4.90 Å². The first-order chi connectivity index (χ1) is 11.9. The minimum absolute atomic E-state index is 1.22. The van der Waals surface area contributed by atoms with Crippen molar-refractivity contribution < 1.29 is 0 Å². The molecule has 0 fully saturated rings. The highest BCUT2D eigenvalue weighted by Gasteiger charge is 2.05. The third-order valence-corrected chi connectivity index (χ3v) is 5.57. The summed E-state index contributed by atoms with van der Waals surface area (Å²) in [4.78, 5) is 4.12. The first-order valence-electron chi connectivity index (χ1n) is 10.3. The van der Waals surface area contributed by atoms with Crippen molar-refractivity contribution in [3.63, 3.8) is 0 Å². The van der Waals surface area contributed by atoms with Gasteiger partial charge in [-0.3, -0.25) is 0 Å². The van der Waals surface area contributed by atoms with Gasteiger partial charge in [-0.2, -0.15) is 0 Å². The summed E-state index contributed by atoms with van der Waals surface area (Å²) < 4.78 is 0. The molecular formula is C22H39NS. The van der Waals surface area contributed by atoms with Crippen molar-refractivity contribution in [3.8, 4) is 0 Å². The Morgan fingerprint density at radius 1 is 0.667 bits per heavy atom. The lowest BCUT2D eigenvalue weighted by Gasteiger charge is -2.22. The van der Waals surface area contributed by atoms with Gasteiger partial charge in [0.2, 0.25) is 0 Å². The van der Waals surface area contributed by atoms with Crippen molar-refractivity contribution in [2.45, 2.75) is 83.0 Å². The fourth-order valence-corrected chi connectivity index (χ4v) is 3.96. The normalized spacial score (nSPS) is 11.3. The molecule has 138 valence electrons. The summed E-state index contributed by atoms with van der Waals surface area (Å²) in [5.41, 5.74) is 0. The lowest BCUT2D eigenvalue weighted by atomic mass is 10.1. The predicted molar refractivity (Wildman–Crippen MR) is 111 cm³/mol. The molecule has 0 heterocycles. The molecule has 0 amide bonds.